The first kappa shape index (κ1) is 12.4. The van der Waals surface area contributed by atoms with Crippen LogP contribution in [0.25, 0.3) is 0 Å². The Kier molecular flexibility index (Phi) is 4.28. The summed E-state index contributed by atoms with van der Waals surface area (Å²) >= 11 is 5.78. The molecule has 2 unspecified atom stereocenters. The summed E-state index contributed by atoms with van der Waals surface area (Å²) in [5, 5.41) is 3.67. The number of hydrogen-bond donors (Lipinski definition) is 1. The van der Waals surface area contributed by atoms with Crippen LogP contribution in [0.2, 0.25) is 0 Å². The van der Waals surface area contributed by atoms with E-state index < -0.39 is 0 Å². The van der Waals surface area contributed by atoms with Crippen LogP contribution in [0.15, 0.2) is 11.1 Å². The summed E-state index contributed by atoms with van der Waals surface area (Å²) in [7, 11) is 0. The highest BCUT2D eigenvalue weighted by Gasteiger charge is 2.38. The standard InChI is InChI=1S/C13H23ClN2/c1-3-12-9-16(8-10(2)6-14)13(7-15-12)11-4-5-11/h6,11-13,15H,3-5,7-9H2,1-2H3. The third-order valence-corrected chi connectivity index (χ3v) is 4.21. The molecule has 2 atom stereocenters. The highest BCUT2D eigenvalue weighted by atomic mass is 35.5. The highest BCUT2D eigenvalue weighted by molar-refractivity contribution is 6.25. The molecule has 92 valence electrons. The van der Waals surface area contributed by atoms with Gasteiger partial charge in [-0.2, -0.15) is 0 Å². The number of rotatable bonds is 4. The lowest BCUT2D eigenvalue weighted by Gasteiger charge is -2.40. The maximum Gasteiger partial charge on any atom is 0.0253 e. The van der Waals surface area contributed by atoms with E-state index in [1.807, 2.05) is 0 Å². The van der Waals surface area contributed by atoms with Gasteiger partial charge in [0.15, 0.2) is 0 Å². The van der Waals surface area contributed by atoms with Gasteiger partial charge in [0.1, 0.15) is 0 Å². The van der Waals surface area contributed by atoms with Crippen LogP contribution >= 0.6 is 11.6 Å². The van der Waals surface area contributed by atoms with E-state index in [9.17, 15) is 0 Å². The maximum absolute atomic E-state index is 5.78. The Morgan fingerprint density at radius 1 is 1.50 bits per heavy atom. The number of nitrogens with zero attached hydrogens (tertiary/aromatic N) is 1. The molecule has 0 aromatic carbocycles. The van der Waals surface area contributed by atoms with Gasteiger partial charge in [0.25, 0.3) is 0 Å². The summed E-state index contributed by atoms with van der Waals surface area (Å²) in [6, 6.07) is 1.41. The van der Waals surface area contributed by atoms with E-state index in [0.717, 1.165) is 18.5 Å². The van der Waals surface area contributed by atoms with Gasteiger partial charge >= 0.3 is 0 Å². The monoisotopic (exact) mass is 242 g/mol. The zero-order valence-corrected chi connectivity index (χ0v) is 11.1. The molecule has 2 fully saturated rings. The Morgan fingerprint density at radius 3 is 2.81 bits per heavy atom. The Morgan fingerprint density at radius 2 is 2.25 bits per heavy atom. The summed E-state index contributed by atoms with van der Waals surface area (Å²) in [4.78, 5) is 2.64. The first-order valence-electron chi connectivity index (χ1n) is 6.48. The largest absolute Gasteiger partial charge is 0.311 e. The van der Waals surface area contributed by atoms with Crippen molar-refractivity contribution < 1.29 is 0 Å². The van der Waals surface area contributed by atoms with E-state index in [-0.39, 0.29) is 0 Å². The number of nitrogens with one attached hydrogen (secondary N) is 1. The molecule has 2 rings (SSSR count). The third-order valence-electron chi connectivity index (χ3n) is 3.84. The van der Waals surface area contributed by atoms with Crippen LogP contribution in [0.3, 0.4) is 0 Å². The van der Waals surface area contributed by atoms with Gasteiger partial charge in [-0.15, -0.1) is 0 Å². The molecule has 3 heteroatoms. The average molecular weight is 243 g/mol. The molecule has 16 heavy (non-hydrogen) atoms. The van der Waals surface area contributed by atoms with Crippen LogP contribution in [0.4, 0.5) is 0 Å². The molecule has 1 saturated heterocycles. The van der Waals surface area contributed by atoms with Crippen LogP contribution < -0.4 is 5.32 Å². The maximum atomic E-state index is 5.78. The average Bonchev–Trinajstić information content (AvgIpc) is 3.12. The molecule has 0 radical (unpaired) electrons. The fourth-order valence-electron chi connectivity index (χ4n) is 2.66. The molecule has 0 spiro atoms. The molecule has 1 saturated carbocycles. The normalized spacial score (nSPS) is 33.1. The number of hydrogen-bond acceptors (Lipinski definition) is 2. The van der Waals surface area contributed by atoms with Crippen molar-refractivity contribution in [2.45, 2.75) is 45.2 Å². The Hall–Kier alpha value is -0.0500. The van der Waals surface area contributed by atoms with Crippen molar-refractivity contribution in [2.24, 2.45) is 5.92 Å². The van der Waals surface area contributed by atoms with E-state index in [0.29, 0.717) is 6.04 Å². The van der Waals surface area contributed by atoms with Gasteiger partial charge in [0.2, 0.25) is 0 Å². The highest BCUT2D eigenvalue weighted by Crippen LogP contribution is 2.36. The van der Waals surface area contributed by atoms with Gasteiger partial charge < -0.3 is 5.32 Å². The molecule has 2 aliphatic rings. The van der Waals surface area contributed by atoms with Crippen molar-refractivity contribution in [1.29, 1.82) is 0 Å². The summed E-state index contributed by atoms with van der Waals surface area (Å²) in [6.07, 6.45) is 4.06. The van der Waals surface area contributed by atoms with Gasteiger partial charge in [-0.1, -0.05) is 18.5 Å². The van der Waals surface area contributed by atoms with E-state index in [1.54, 1.807) is 5.54 Å². The minimum Gasteiger partial charge on any atom is -0.311 e. The van der Waals surface area contributed by atoms with Gasteiger partial charge in [-0.05, 0) is 37.7 Å². The molecule has 0 aromatic heterocycles. The first-order chi connectivity index (χ1) is 7.74. The smallest absolute Gasteiger partial charge is 0.0253 e. The van der Waals surface area contributed by atoms with E-state index in [2.05, 4.69) is 24.1 Å². The zero-order valence-electron chi connectivity index (χ0n) is 10.4. The topological polar surface area (TPSA) is 15.3 Å². The van der Waals surface area contributed by atoms with Crippen molar-refractivity contribution in [3.05, 3.63) is 11.1 Å². The van der Waals surface area contributed by atoms with Crippen molar-refractivity contribution in [2.75, 3.05) is 19.6 Å². The Bertz CT molecular complexity index is 261. The van der Waals surface area contributed by atoms with Crippen molar-refractivity contribution in [3.63, 3.8) is 0 Å². The molecule has 0 amide bonds. The predicted molar refractivity (Wildman–Crippen MR) is 69.8 cm³/mol. The fourth-order valence-corrected chi connectivity index (χ4v) is 2.72. The molecular weight excluding hydrogens is 220 g/mol. The first-order valence-corrected chi connectivity index (χ1v) is 6.91. The van der Waals surface area contributed by atoms with Gasteiger partial charge in [0.05, 0.1) is 0 Å². The Labute approximate surface area is 104 Å². The van der Waals surface area contributed by atoms with Gasteiger partial charge in [-0.25, -0.2) is 0 Å². The van der Waals surface area contributed by atoms with Gasteiger partial charge in [0, 0.05) is 37.3 Å². The van der Waals surface area contributed by atoms with Crippen molar-refractivity contribution in [1.82, 2.24) is 10.2 Å². The second kappa shape index (κ2) is 5.52. The molecule has 2 nitrogen and oxygen atoms in total. The lowest BCUT2D eigenvalue weighted by Crippen LogP contribution is -2.57. The predicted octanol–water partition coefficient (Wildman–Crippen LogP) is 2.59. The number of piperazine rings is 1. The van der Waals surface area contributed by atoms with Gasteiger partial charge in [-0.3, -0.25) is 4.90 Å². The minimum absolute atomic E-state index is 0.665. The summed E-state index contributed by atoms with van der Waals surface area (Å²) in [6.45, 7) is 7.78. The molecule has 0 bridgehead atoms. The quantitative estimate of drug-likeness (QED) is 0.815. The molecule has 1 heterocycles. The van der Waals surface area contributed by atoms with Crippen molar-refractivity contribution >= 4 is 11.6 Å². The van der Waals surface area contributed by atoms with Crippen LogP contribution in [0, 0.1) is 5.92 Å². The zero-order chi connectivity index (χ0) is 11.5. The van der Waals surface area contributed by atoms with Crippen molar-refractivity contribution in [3.8, 4) is 0 Å². The fraction of sp³-hybridized carbons (Fsp3) is 0.846. The summed E-state index contributed by atoms with van der Waals surface area (Å²) < 4.78 is 0. The Balaban J connectivity index is 1.96. The van der Waals surface area contributed by atoms with E-state index in [1.165, 1.54) is 37.9 Å². The third kappa shape index (κ3) is 2.99. The molecule has 1 N–H and O–H groups in total. The SMILES string of the molecule is CCC1CN(CC(C)=CCl)C(C2CC2)CN1. The minimum atomic E-state index is 0.665. The lowest BCUT2D eigenvalue weighted by molar-refractivity contribution is 0.124. The second-order valence-corrected chi connectivity index (χ2v) is 5.52. The molecule has 0 aromatic rings. The van der Waals surface area contributed by atoms with E-state index >= 15 is 0 Å². The lowest BCUT2D eigenvalue weighted by atomic mass is 10.0. The molecule has 1 aliphatic carbocycles. The molecular formula is C13H23ClN2. The summed E-state index contributed by atoms with van der Waals surface area (Å²) in [5.74, 6) is 0.938. The summed E-state index contributed by atoms with van der Waals surface area (Å²) in [5.41, 5.74) is 3.01. The van der Waals surface area contributed by atoms with Crippen LogP contribution in [-0.2, 0) is 0 Å². The van der Waals surface area contributed by atoms with E-state index in [4.69, 9.17) is 11.6 Å². The number of halogens is 1. The molecule has 1 aliphatic heterocycles. The van der Waals surface area contributed by atoms with Crippen LogP contribution in [-0.4, -0.2) is 36.6 Å². The van der Waals surface area contributed by atoms with Crippen LogP contribution in [0.1, 0.15) is 33.1 Å². The second-order valence-electron chi connectivity index (χ2n) is 5.30. The van der Waals surface area contributed by atoms with Crippen LogP contribution in [0.5, 0.6) is 0 Å².